The van der Waals surface area contributed by atoms with Crippen molar-refractivity contribution in [2.75, 3.05) is 18.9 Å². The van der Waals surface area contributed by atoms with Gasteiger partial charge in [-0.15, -0.1) is 12.4 Å². The molecule has 0 radical (unpaired) electrons. The molecule has 1 aliphatic heterocycles. The quantitative estimate of drug-likeness (QED) is 0.859. The lowest BCUT2D eigenvalue weighted by molar-refractivity contribution is -0.0754. The van der Waals surface area contributed by atoms with Crippen molar-refractivity contribution < 1.29 is 9.53 Å². The van der Waals surface area contributed by atoms with Crippen molar-refractivity contribution in [1.29, 1.82) is 0 Å². The third-order valence-electron chi connectivity index (χ3n) is 3.98. The SMILES string of the molecule is Cl.Nc1cccc(C(=O)N2CCOC3CCCCC32)n1. The standard InChI is InChI=1S/C14H19N3O2.ClH/c15-13-7-3-4-10(16-13)14(18)17-8-9-19-12-6-2-1-5-11(12)17;/h3-4,7,11-12H,1-2,5-6,8-9H2,(H2,15,16);1H. The van der Waals surface area contributed by atoms with E-state index in [0.29, 0.717) is 24.7 Å². The summed E-state index contributed by atoms with van der Waals surface area (Å²) in [7, 11) is 0. The van der Waals surface area contributed by atoms with Crippen LogP contribution in [0, 0.1) is 0 Å². The molecule has 1 aliphatic carbocycles. The fraction of sp³-hybridized carbons (Fsp3) is 0.571. The van der Waals surface area contributed by atoms with E-state index in [1.54, 1.807) is 18.2 Å². The van der Waals surface area contributed by atoms with Crippen molar-refractivity contribution in [2.24, 2.45) is 0 Å². The number of pyridine rings is 1. The monoisotopic (exact) mass is 297 g/mol. The van der Waals surface area contributed by atoms with Crippen molar-refractivity contribution >= 4 is 24.1 Å². The Morgan fingerprint density at radius 2 is 2.15 bits per heavy atom. The predicted molar refractivity (Wildman–Crippen MR) is 78.9 cm³/mol. The number of anilines is 1. The first-order valence-electron chi connectivity index (χ1n) is 6.91. The van der Waals surface area contributed by atoms with Gasteiger partial charge in [0.2, 0.25) is 0 Å². The number of fused-ring (bicyclic) bond motifs is 1. The van der Waals surface area contributed by atoms with Crippen LogP contribution in [0.5, 0.6) is 0 Å². The second kappa shape index (κ2) is 6.41. The lowest BCUT2D eigenvalue weighted by Gasteiger charge is -2.43. The highest BCUT2D eigenvalue weighted by atomic mass is 35.5. The van der Waals surface area contributed by atoms with Crippen LogP contribution in [0.25, 0.3) is 0 Å². The summed E-state index contributed by atoms with van der Waals surface area (Å²) >= 11 is 0. The number of hydrogen-bond donors (Lipinski definition) is 1. The van der Waals surface area contributed by atoms with Gasteiger partial charge in [0.15, 0.2) is 0 Å². The number of carbonyl (C=O) groups is 1. The van der Waals surface area contributed by atoms with Crippen LogP contribution in [0.3, 0.4) is 0 Å². The molecule has 3 rings (SSSR count). The zero-order valence-corrected chi connectivity index (χ0v) is 12.1. The molecule has 1 aromatic heterocycles. The summed E-state index contributed by atoms with van der Waals surface area (Å²) in [6.07, 6.45) is 4.64. The van der Waals surface area contributed by atoms with Crippen LogP contribution in [-0.4, -0.2) is 41.1 Å². The number of carbonyl (C=O) groups excluding carboxylic acids is 1. The number of aromatic nitrogens is 1. The van der Waals surface area contributed by atoms with Gasteiger partial charge in [0, 0.05) is 6.54 Å². The van der Waals surface area contributed by atoms with E-state index >= 15 is 0 Å². The van der Waals surface area contributed by atoms with Crippen LogP contribution >= 0.6 is 12.4 Å². The van der Waals surface area contributed by atoms with E-state index in [4.69, 9.17) is 10.5 Å². The topological polar surface area (TPSA) is 68.5 Å². The maximum Gasteiger partial charge on any atom is 0.272 e. The molecule has 0 aromatic carbocycles. The molecule has 2 atom stereocenters. The molecule has 0 spiro atoms. The summed E-state index contributed by atoms with van der Waals surface area (Å²) in [4.78, 5) is 18.6. The summed E-state index contributed by atoms with van der Waals surface area (Å²) in [5.74, 6) is 0.367. The summed E-state index contributed by atoms with van der Waals surface area (Å²) in [6, 6.07) is 5.40. The first-order valence-corrected chi connectivity index (χ1v) is 6.91. The highest BCUT2D eigenvalue weighted by molar-refractivity contribution is 5.93. The molecule has 1 saturated carbocycles. The average Bonchev–Trinajstić information content (AvgIpc) is 2.46. The molecule has 2 fully saturated rings. The minimum atomic E-state index is -0.0208. The number of rotatable bonds is 1. The van der Waals surface area contributed by atoms with Crippen molar-refractivity contribution in [3.63, 3.8) is 0 Å². The predicted octanol–water partition coefficient (Wildman–Crippen LogP) is 1.87. The fourth-order valence-electron chi connectivity index (χ4n) is 3.07. The normalized spacial score (nSPS) is 25.5. The maximum atomic E-state index is 12.6. The van der Waals surface area contributed by atoms with Crippen LogP contribution in [0.4, 0.5) is 5.82 Å². The number of nitrogen functional groups attached to an aromatic ring is 1. The van der Waals surface area contributed by atoms with Crippen LogP contribution in [0.2, 0.25) is 0 Å². The number of ether oxygens (including phenoxy) is 1. The Hall–Kier alpha value is -1.33. The second-order valence-corrected chi connectivity index (χ2v) is 5.21. The van der Waals surface area contributed by atoms with Gasteiger partial charge in [0.05, 0.1) is 18.8 Å². The summed E-state index contributed by atoms with van der Waals surface area (Å²) in [6.45, 7) is 1.27. The molecule has 110 valence electrons. The van der Waals surface area contributed by atoms with Gasteiger partial charge in [-0.25, -0.2) is 4.98 Å². The van der Waals surface area contributed by atoms with Gasteiger partial charge >= 0.3 is 0 Å². The van der Waals surface area contributed by atoms with Gasteiger partial charge in [0.25, 0.3) is 5.91 Å². The number of amides is 1. The molecule has 2 aliphatic rings. The third-order valence-corrected chi connectivity index (χ3v) is 3.98. The Labute approximate surface area is 124 Å². The molecular formula is C14H20ClN3O2. The molecular weight excluding hydrogens is 278 g/mol. The van der Waals surface area contributed by atoms with Crippen molar-refractivity contribution in [2.45, 2.75) is 37.8 Å². The lowest BCUT2D eigenvalue weighted by atomic mass is 9.90. The molecule has 5 nitrogen and oxygen atoms in total. The van der Waals surface area contributed by atoms with E-state index in [0.717, 1.165) is 12.8 Å². The smallest absolute Gasteiger partial charge is 0.272 e. The largest absolute Gasteiger partial charge is 0.384 e. The molecule has 2 unspecified atom stereocenters. The molecule has 2 N–H and O–H groups in total. The maximum absolute atomic E-state index is 12.6. The van der Waals surface area contributed by atoms with Crippen molar-refractivity contribution in [1.82, 2.24) is 9.88 Å². The zero-order valence-electron chi connectivity index (χ0n) is 11.3. The van der Waals surface area contributed by atoms with Gasteiger partial charge < -0.3 is 15.4 Å². The average molecular weight is 298 g/mol. The Morgan fingerprint density at radius 3 is 2.95 bits per heavy atom. The Morgan fingerprint density at radius 1 is 1.35 bits per heavy atom. The summed E-state index contributed by atoms with van der Waals surface area (Å²) in [5, 5.41) is 0. The summed E-state index contributed by atoms with van der Waals surface area (Å²) < 4.78 is 5.78. The Kier molecular flexibility index (Phi) is 4.83. The zero-order chi connectivity index (χ0) is 13.2. The Balaban J connectivity index is 0.00000147. The van der Waals surface area contributed by atoms with Crippen LogP contribution in [0.15, 0.2) is 18.2 Å². The van der Waals surface area contributed by atoms with E-state index in [2.05, 4.69) is 4.98 Å². The minimum Gasteiger partial charge on any atom is -0.384 e. The van der Waals surface area contributed by atoms with E-state index in [1.807, 2.05) is 4.90 Å². The molecule has 1 saturated heterocycles. The molecule has 20 heavy (non-hydrogen) atoms. The molecule has 2 heterocycles. The third kappa shape index (κ3) is 2.88. The number of morpholine rings is 1. The number of hydrogen-bond acceptors (Lipinski definition) is 4. The molecule has 1 amide bonds. The van der Waals surface area contributed by atoms with Crippen molar-refractivity contribution in [3.05, 3.63) is 23.9 Å². The van der Waals surface area contributed by atoms with E-state index in [9.17, 15) is 4.79 Å². The first kappa shape index (κ1) is 15.1. The number of nitrogens with zero attached hydrogens (tertiary/aromatic N) is 2. The van der Waals surface area contributed by atoms with E-state index in [1.165, 1.54) is 12.8 Å². The number of nitrogens with two attached hydrogens (primary N) is 1. The highest BCUT2D eigenvalue weighted by Gasteiger charge is 2.37. The molecule has 1 aromatic rings. The molecule has 6 heteroatoms. The van der Waals surface area contributed by atoms with E-state index in [-0.39, 0.29) is 30.5 Å². The van der Waals surface area contributed by atoms with Crippen LogP contribution in [0.1, 0.15) is 36.2 Å². The first-order chi connectivity index (χ1) is 9.25. The molecule has 0 bridgehead atoms. The Bertz CT molecular complexity index is 481. The summed E-state index contributed by atoms with van der Waals surface area (Å²) in [5.41, 5.74) is 6.09. The van der Waals surface area contributed by atoms with Gasteiger partial charge in [-0.05, 0) is 25.0 Å². The van der Waals surface area contributed by atoms with Gasteiger partial charge in [-0.2, -0.15) is 0 Å². The fourth-order valence-corrected chi connectivity index (χ4v) is 3.07. The second-order valence-electron chi connectivity index (χ2n) is 5.21. The highest BCUT2D eigenvalue weighted by Crippen LogP contribution is 2.29. The van der Waals surface area contributed by atoms with Crippen LogP contribution < -0.4 is 5.73 Å². The van der Waals surface area contributed by atoms with Gasteiger partial charge in [0.1, 0.15) is 11.5 Å². The minimum absolute atomic E-state index is 0. The number of halogens is 1. The van der Waals surface area contributed by atoms with Crippen LogP contribution in [-0.2, 0) is 4.74 Å². The van der Waals surface area contributed by atoms with Crippen molar-refractivity contribution in [3.8, 4) is 0 Å². The van der Waals surface area contributed by atoms with Gasteiger partial charge in [-0.1, -0.05) is 18.9 Å². The lowest BCUT2D eigenvalue weighted by Crippen LogP contribution is -2.55. The van der Waals surface area contributed by atoms with E-state index < -0.39 is 0 Å². The van der Waals surface area contributed by atoms with Gasteiger partial charge in [-0.3, -0.25) is 4.79 Å².